The van der Waals surface area contributed by atoms with Crippen molar-refractivity contribution in [3.63, 3.8) is 0 Å². The van der Waals surface area contributed by atoms with Crippen molar-refractivity contribution in [3.8, 4) is 0 Å². The number of allylic oxidation sites excluding steroid dienone is 10. The van der Waals surface area contributed by atoms with Crippen LogP contribution < -0.4 is 0 Å². The molecule has 1 N–H and O–H groups in total. The largest absolute Gasteiger partial charge is 0.472 e. The zero-order valence-corrected chi connectivity index (χ0v) is 34.4. The molecule has 0 spiro atoms. The number of phosphoric acid groups is 1. The van der Waals surface area contributed by atoms with Crippen molar-refractivity contribution >= 4 is 19.8 Å². The second-order valence-corrected chi connectivity index (χ2v) is 15.7. The molecule has 0 aromatic heterocycles. The summed E-state index contributed by atoms with van der Waals surface area (Å²) in [6.45, 7) is 4.22. The Morgan fingerprint density at radius 3 is 1.63 bits per heavy atom. The zero-order valence-electron chi connectivity index (χ0n) is 33.5. The summed E-state index contributed by atoms with van der Waals surface area (Å²) in [7, 11) is 1.44. The lowest BCUT2D eigenvalue weighted by Gasteiger charge is -2.24. The average Bonchev–Trinajstić information content (AvgIpc) is 3.09. The van der Waals surface area contributed by atoms with Crippen LogP contribution in [0.4, 0.5) is 0 Å². The number of nitrogens with zero attached hydrogens (tertiary/aromatic N) is 1. The fourth-order valence-electron chi connectivity index (χ4n) is 4.92. The van der Waals surface area contributed by atoms with E-state index in [0.717, 1.165) is 70.6 Å². The number of hydrogen-bond acceptors (Lipinski definition) is 7. The minimum absolute atomic E-state index is 0.0229. The maximum atomic E-state index is 12.6. The van der Waals surface area contributed by atoms with Gasteiger partial charge in [-0.25, -0.2) is 4.57 Å². The zero-order chi connectivity index (χ0) is 38.6. The van der Waals surface area contributed by atoms with Crippen LogP contribution in [-0.2, 0) is 32.7 Å². The molecular weight excluding hydrogens is 677 g/mol. The third-order valence-corrected chi connectivity index (χ3v) is 9.05. The average molecular weight is 753 g/mol. The van der Waals surface area contributed by atoms with E-state index in [2.05, 4.69) is 74.6 Å². The number of likely N-dealkylation sites (N-methyl/N-ethyl adjacent to an activating group) is 1. The van der Waals surface area contributed by atoms with E-state index in [1.54, 1.807) is 0 Å². The lowest BCUT2D eigenvalue weighted by Crippen LogP contribution is -2.37. The molecule has 0 aromatic rings. The van der Waals surface area contributed by atoms with Gasteiger partial charge in [0.2, 0.25) is 0 Å². The number of ether oxygens (including phenoxy) is 2. The van der Waals surface area contributed by atoms with E-state index in [1.807, 2.05) is 21.1 Å². The summed E-state index contributed by atoms with van der Waals surface area (Å²) in [6.07, 6.45) is 39.9. The van der Waals surface area contributed by atoms with Gasteiger partial charge < -0.3 is 18.9 Å². The number of rotatable bonds is 35. The lowest BCUT2D eigenvalue weighted by molar-refractivity contribution is -0.870. The van der Waals surface area contributed by atoms with Gasteiger partial charge in [0.15, 0.2) is 6.10 Å². The Morgan fingerprint density at radius 1 is 0.615 bits per heavy atom. The van der Waals surface area contributed by atoms with Gasteiger partial charge >= 0.3 is 19.8 Å². The highest BCUT2D eigenvalue weighted by atomic mass is 31.2. The van der Waals surface area contributed by atoms with Gasteiger partial charge in [0, 0.05) is 12.8 Å². The van der Waals surface area contributed by atoms with Crippen LogP contribution in [0.25, 0.3) is 0 Å². The van der Waals surface area contributed by atoms with Gasteiger partial charge in [0.25, 0.3) is 0 Å². The second kappa shape index (κ2) is 34.5. The van der Waals surface area contributed by atoms with Crippen LogP contribution in [0.15, 0.2) is 60.8 Å². The van der Waals surface area contributed by atoms with Gasteiger partial charge in [0.1, 0.15) is 19.8 Å². The molecule has 0 rings (SSSR count). The fourth-order valence-corrected chi connectivity index (χ4v) is 5.66. The summed E-state index contributed by atoms with van der Waals surface area (Å²) in [5, 5.41) is 0. The molecule has 0 bridgehead atoms. The highest BCUT2D eigenvalue weighted by Crippen LogP contribution is 2.43. The quantitative estimate of drug-likeness (QED) is 0.0224. The molecule has 0 saturated heterocycles. The smallest absolute Gasteiger partial charge is 0.462 e. The molecule has 0 radical (unpaired) electrons. The van der Waals surface area contributed by atoms with Crippen LogP contribution in [0.5, 0.6) is 0 Å². The van der Waals surface area contributed by atoms with Crippen LogP contribution >= 0.6 is 7.82 Å². The second-order valence-electron chi connectivity index (χ2n) is 14.3. The normalized spacial score (nSPS) is 14.3. The van der Waals surface area contributed by atoms with Gasteiger partial charge in [-0.05, 0) is 57.8 Å². The number of phosphoric ester groups is 1. The van der Waals surface area contributed by atoms with Gasteiger partial charge in [-0.15, -0.1) is 0 Å². The molecule has 0 aliphatic carbocycles. The Morgan fingerprint density at radius 2 is 1.10 bits per heavy atom. The molecule has 52 heavy (non-hydrogen) atoms. The van der Waals surface area contributed by atoms with Crippen molar-refractivity contribution < 1.29 is 42.1 Å². The number of esters is 2. The molecule has 9 nitrogen and oxygen atoms in total. The Balaban J connectivity index is 4.46. The molecular formula is C42H75NO8P+. The van der Waals surface area contributed by atoms with Crippen molar-refractivity contribution in [2.45, 2.75) is 148 Å². The van der Waals surface area contributed by atoms with Crippen LogP contribution in [0.2, 0.25) is 0 Å². The van der Waals surface area contributed by atoms with Crippen molar-refractivity contribution in [3.05, 3.63) is 60.8 Å². The van der Waals surface area contributed by atoms with E-state index in [0.29, 0.717) is 17.4 Å². The lowest BCUT2D eigenvalue weighted by atomic mass is 10.1. The molecule has 300 valence electrons. The minimum atomic E-state index is -4.38. The van der Waals surface area contributed by atoms with E-state index in [1.165, 1.54) is 38.5 Å². The Hall–Kier alpha value is -2.29. The van der Waals surface area contributed by atoms with Gasteiger partial charge in [-0.3, -0.25) is 18.6 Å². The Kier molecular flexibility index (Phi) is 33.0. The van der Waals surface area contributed by atoms with Crippen LogP contribution in [0.3, 0.4) is 0 Å². The van der Waals surface area contributed by atoms with Crippen LogP contribution in [-0.4, -0.2) is 74.9 Å². The first-order valence-electron chi connectivity index (χ1n) is 20.0. The van der Waals surface area contributed by atoms with E-state index >= 15 is 0 Å². The summed E-state index contributed by atoms with van der Waals surface area (Å²) in [4.78, 5) is 35.2. The van der Waals surface area contributed by atoms with E-state index < -0.39 is 26.5 Å². The molecule has 0 aromatic carbocycles. The topological polar surface area (TPSA) is 108 Å². The predicted molar refractivity (Wildman–Crippen MR) is 215 cm³/mol. The molecule has 0 amide bonds. The van der Waals surface area contributed by atoms with Crippen LogP contribution in [0.1, 0.15) is 142 Å². The minimum Gasteiger partial charge on any atom is -0.462 e. The summed E-state index contributed by atoms with van der Waals surface area (Å²) in [5.41, 5.74) is 0. The predicted octanol–water partition coefficient (Wildman–Crippen LogP) is 10.9. The van der Waals surface area contributed by atoms with Crippen molar-refractivity contribution in [2.75, 3.05) is 47.5 Å². The highest BCUT2D eigenvalue weighted by molar-refractivity contribution is 7.47. The maximum absolute atomic E-state index is 12.6. The molecule has 0 aliphatic rings. The third kappa shape index (κ3) is 37.5. The summed E-state index contributed by atoms with van der Waals surface area (Å²) in [5.74, 6) is -0.845. The molecule has 10 heteroatoms. The summed E-state index contributed by atoms with van der Waals surface area (Å²) in [6, 6.07) is 0. The first kappa shape index (κ1) is 49.7. The summed E-state index contributed by atoms with van der Waals surface area (Å²) >= 11 is 0. The number of carbonyl (C=O) groups is 2. The maximum Gasteiger partial charge on any atom is 0.472 e. The van der Waals surface area contributed by atoms with E-state index in [-0.39, 0.29) is 32.0 Å². The molecule has 1 unspecified atom stereocenters. The van der Waals surface area contributed by atoms with Crippen LogP contribution in [0, 0.1) is 0 Å². The van der Waals surface area contributed by atoms with Crippen molar-refractivity contribution in [2.24, 2.45) is 0 Å². The summed E-state index contributed by atoms with van der Waals surface area (Å²) < 4.78 is 34.1. The number of hydrogen-bond donors (Lipinski definition) is 1. The SMILES string of the molecule is CC/C=C/C/C=C/C/C=C/C/C=C/C/C=C/CCCCCC(=O)O[C@H](COC(=O)CCCCCCCCCCC)COP(=O)(O)OCC[N+](C)(C)C. The number of unbranched alkanes of at least 4 members (excludes halogenated alkanes) is 11. The molecule has 0 saturated carbocycles. The standard InChI is InChI=1S/C42H74NO8P/c1-6-8-10-12-14-16-17-18-19-20-21-22-23-24-25-27-29-31-33-35-42(45)51-40(39-50-52(46,47)49-37-36-43(3,4)5)38-48-41(44)34-32-30-28-26-15-13-11-9-7-2/h8,10,14,16,18-19,21-22,24-25,40H,6-7,9,11-13,15,17,20,23,26-39H2,1-5H3/p+1/b10-8+,16-14+,19-18+,22-21+,25-24+/t40-/m1/s1. The van der Waals surface area contributed by atoms with E-state index in [9.17, 15) is 19.0 Å². The number of carbonyl (C=O) groups excluding carboxylic acids is 2. The molecule has 0 fully saturated rings. The highest BCUT2D eigenvalue weighted by Gasteiger charge is 2.27. The first-order chi connectivity index (χ1) is 25.0. The third-order valence-electron chi connectivity index (χ3n) is 8.06. The van der Waals surface area contributed by atoms with E-state index in [4.69, 9.17) is 18.5 Å². The van der Waals surface area contributed by atoms with Gasteiger partial charge in [0.05, 0.1) is 27.7 Å². The molecule has 2 atom stereocenters. The van der Waals surface area contributed by atoms with Gasteiger partial charge in [-0.1, -0.05) is 132 Å². The Bertz CT molecular complexity index is 1080. The van der Waals surface area contributed by atoms with Crippen molar-refractivity contribution in [1.82, 2.24) is 0 Å². The van der Waals surface area contributed by atoms with Gasteiger partial charge in [-0.2, -0.15) is 0 Å². The number of quaternary nitrogens is 1. The Labute approximate surface area is 317 Å². The first-order valence-corrected chi connectivity index (χ1v) is 21.5. The van der Waals surface area contributed by atoms with Crippen molar-refractivity contribution in [1.29, 1.82) is 0 Å². The molecule has 0 aliphatic heterocycles. The fraction of sp³-hybridized carbons (Fsp3) is 0.714. The monoisotopic (exact) mass is 753 g/mol. The molecule has 0 heterocycles.